The molecular formula is C19H17ClFNO2. The smallest absolute Gasteiger partial charge is 0.166 e. The Kier molecular flexibility index (Phi) is 3.36. The second-order valence-electron chi connectivity index (χ2n) is 6.57. The van der Waals surface area contributed by atoms with Gasteiger partial charge in [-0.1, -0.05) is 18.5 Å². The maximum atomic E-state index is 14.2. The minimum Gasteiger partial charge on any atom is -0.464 e. The lowest BCUT2D eigenvalue weighted by Crippen LogP contribution is -2.27. The van der Waals surface area contributed by atoms with Crippen molar-refractivity contribution in [2.45, 2.75) is 32.6 Å². The van der Waals surface area contributed by atoms with Crippen LogP contribution in [0, 0.1) is 11.2 Å². The van der Waals surface area contributed by atoms with Crippen molar-refractivity contribution >= 4 is 34.2 Å². The lowest BCUT2D eigenvalue weighted by Gasteiger charge is -2.35. The van der Waals surface area contributed by atoms with E-state index in [0.29, 0.717) is 29.7 Å². The number of halogens is 2. The molecule has 4 rings (SSSR count). The standard InChI is InChI=1S/C19H17ClFNO2/c1-2-19-6-5-13(23)15(14-4-3-7-24-14)16(19)10-8-12(21)18(22)17(20)11(10)9-19/h3-4,7-8H,2,5-6,9,22H2,1H3. The van der Waals surface area contributed by atoms with Crippen LogP contribution in [0.15, 0.2) is 28.9 Å². The van der Waals surface area contributed by atoms with Gasteiger partial charge in [0.05, 0.1) is 22.5 Å². The largest absolute Gasteiger partial charge is 0.464 e. The number of carbonyl (C=O) groups excluding carboxylic acids is 1. The zero-order valence-corrected chi connectivity index (χ0v) is 14.0. The van der Waals surface area contributed by atoms with Crippen molar-refractivity contribution in [3.63, 3.8) is 0 Å². The number of hydrogen-bond donors (Lipinski definition) is 1. The highest BCUT2D eigenvalue weighted by Gasteiger charge is 2.48. The fourth-order valence-electron chi connectivity index (χ4n) is 4.18. The molecule has 2 aromatic rings. The molecule has 1 atom stereocenters. The molecule has 0 bridgehead atoms. The first kappa shape index (κ1) is 15.5. The van der Waals surface area contributed by atoms with E-state index in [4.69, 9.17) is 21.8 Å². The molecule has 124 valence electrons. The summed E-state index contributed by atoms with van der Waals surface area (Å²) in [6.07, 6.45) is 4.25. The fraction of sp³-hybridized carbons (Fsp3) is 0.316. The van der Waals surface area contributed by atoms with E-state index < -0.39 is 5.82 Å². The molecular weight excluding hydrogens is 329 g/mol. The Labute approximate surface area is 144 Å². The van der Waals surface area contributed by atoms with Gasteiger partial charge in [-0.25, -0.2) is 4.39 Å². The number of benzene rings is 1. The van der Waals surface area contributed by atoms with E-state index in [2.05, 4.69) is 6.92 Å². The van der Waals surface area contributed by atoms with Crippen molar-refractivity contribution in [2.24, 2.45) is 5.41 Å². The molecule has 0 amide bonds. The third kappa shape index (κ3) is 1.92. The molecule has 1 heterocycles. The topological polar surface area (TPSA) is 56.2 Å². The molecule has 0 aliphatic heterocycles. The predicted molar refractivity (Wildman–Crippen MR) is 92.0 cm³/mol. The van der Waals surface area contributed by atoms with E-state index in [-0.39, 0.29) is 21.9 Å². The van der Waals surface area contributed by atoms with Gasteiger partial charge in [0.2, 0.25) is 0 Å². The lowest BCUT2D eigenvalue weighted by atomic mass is 9.68. The molecule has 24 heavy (non-hydrogen) atoms. The van der Waals surface area contributed by atoms with Crippen molar-refractivity contribution in [3.8, 4) is 0 Å². The molecule has 2 N–H and O–H groups in total. The summed E-state index contributed by atoms with van der Waals surface area (Å²) in [4.78, 5) is 12.7. The molecule has 1 aromatic carbocycles. The van der Waals surface area contributed by atoms with E-state index in [1.54, 1.807) is 18.4 Å². The number of carbonyl (C=O) groups is 1. The summed E-state index contributed by atoms with van der Waals surface area (Å²) >= 11 is 6.34. The molecule has 1 aromatic heterocycles. The number of hydrogen-bond acceptors (Lipinski definition) is 3. The number of nitrogen functional groups attached to an aromatic ring is 1. The van der Waals surface area contributed by atoms with Gasteiger partial charge in [-0.15, -0.1) is 0 Å². The van der Waals surface area contributed by atoms with E-state index in [0.717, 1.165) is 24.0 Å². The third-order valence-corrected chi connectivity index (χ3v) is 5.91. The van der Waals surface area contributed by atoms with Crippen molar-refractivity contribution < 1.29 is 13.6 Å². The van der Waals surface area contributed by atoms with Crippen LogP contribution in [0.4, 0.5) is 10.1 Å². The Morgan fingerprint density at radius 1 is 1.46 bits per heavy atom. The first-order valence-electron chi connectivity index (χ1n) is 8.07. The number of ketones is 1. The summed E-state index contributed by atoms with van der Waals surface area (Å²) in [6.45, 7) is 2.09. The molecule has 0 spiro atoms. The molecule has 0 saturated heterocycles. The molecule has 1 unspecified atom stereocenters. The fourth-order valence-corrected chi connectivity index (χ4v) is 4.43. The van der Waals surface area contributed by atoms with Crippen LogP contribution in [0.2, 0.25) is 5.02 Å². The van der Waals surface area contributed by atoms with E-state index in [1.165, 1.54) is 6.07 Å². The van der Waals surface area contributed by atoms with E-state index in [1.807, 2.05) is 0 Å². The first-order chi connectivity index (χ1) is 11.5. The van der Waals surface area contributed by atoms with Crippen molar-refractivity contribution in [3.05, 3.63) is 52.2 Å². The number of nitrogens with two attached hydrogens (primary N) is 1. The van der Waals surface area contributed by atoms with Gasteiger partial charge in [0.15, 0.2) is 5.78 Å². The lowest BCUT2D eigenvalue weighted by molar-refractivity contribution is -0.114. The number of furan rings is 1. The Morgan fingerprint density at radius 2 is 2.25 bits per heavy atom. The van der Waals surface area contributed by atoms with Crippen LogP contribution in [0.3, 0.4) is 0 Å². The summed E-state index contributed by atoms with van der Waals surface area (Å²) < 4.78 is 19.8. The van der Waals surface area contributed by atoms with Gasteiger partial charge < -0.3 is 10.2 Å². The zero-order valence-electron chi connectivity index (χ0n) is 13.3. The molecule has 2 aliphatic rings. The maximum Gasteiger partial charge on any atom is 0.166 e. The van der Waals surface area contributed by atoms with Gasteiger partial charge in [0, 0.05) is 11.8 Å². The quantitative estimate of drug-likeness (QED) is 0.789. The Morgan fingerprint density at radius 3 is 2.92 bits per heavy atom. The van der Waals surface area contributed by atoms with Crippen LogP contribution >= 0.6 is 11.6 Å². The maximum absolute atomic E-state index is 14.2. The number of anilines is 1. The molecule has 0 saturated carbocycles. The summed E-state index contributed by atoms with van der Waals surface area (Å²) in [5.74, 6) is 0.0222. The minimum absolute atomic E-state index is 0.0215. The van der Waals surface area contributed by atoms with Gasteiger partial charge in [-0.3, -0.25) is 4.79 Å². The van der Waals surface area contributed by atoms with Crippen molar-refractivity contribution in [1.82, 2.24) is 0 Å². The average Bonchev–Trinajstić information content (AvgIpc) is 3.20. The zero-order chi connectivity index (χ0) is 17.1. The summed E-state index contributed by atoms with van der Waals surface area (Å²) in [6, 6.07) is 4.95. The van der Waals surface area contributed by atoms with Crippen molar-refractivity contribution in [1.29, 1.82) is 0 Å². The summed E-state index contributed by atoms with van der Waals surface area (Å²) in [5, 5.41) is 0.269. The normalized spacial score (nSPS) is 22.7. The molecule has 3 nitrogen and oxygen atoms in total. The van der Waals surface area contributed by atoms with Crippen LogP contribution in [0.25, 0.3) is 11.1 Å². The van der Waals surface area contributed by atoms with Gasteiger partial charge in [0.1, 0.15) is 11.6 Å². The SMILES string of the molecule is CCC12CCC(=O)C(c3ccco3)=C1c1cc(F)c(N)c(Cl)c1C2. The van der Waals surface area contributed by atoms with Crippen LogP contribution in [-0.4, -0.2) is 5.78 Å². The number of rotatable bonds is 2. The highest BCUT2D eigenvalue weighted by molar-refractivity contribution is 6.35. The van der Waals surface area contributed by atoms with Crippen molar-refractivity contribution in [2.75, 3.05) is 5.73 Å². The Bertz CT molecular complexity index is 885. The third-order valence-electron chi connectivity index (χ3n) is 5.47. The monoisotopic (exact) mass is 345 g/mol. The van der Waals surface area contributed by atoms with Gasteiger partial charge in [-0.05, 0) is 54.2 Å². The minimum atomic E-state index is -0.546. The second kappa shape index (κ2) is 5.21. The summed E-state index contributed by atoms with van der Waals surface area (Å²) in [7, 11) is 0. The Balaban J connectivity index is 2.10. The number of fused-ring (bicyclic) bond motifs is 3. The molecule has 5 heteroatoms. The van der Waals surface area contributed by atoms with Gasteiger partial charge in [0.25, 0.3) is 0 Å². The highest BCUT2D eigenvalue weighted by Crippen LogP contribution is 2.59. The average molecular weight is 346 g/mol. The summed E-state index contributed by atoms with van der Waals surface area (Å²) in [5.41, 5.74) is 8.51. The molecule has 0 radical (unpaired) electrons. The Hall–Kier alpha value is -2.07. The van der Waals surface area contributed by atoms with Crippen LogP contribution < -0.4 is 5.73 Å². The molecule has 2 aliphatic carbocycles. The van der Waals surface area contributed by atoms with Crippen LogP contribution in [0.1, 0.15) is 43.1 Å². The van der Waals surface area contributed by atoms with E-state index in [9.17, 15) is 9.18 Å². The van der Waals surface area contributed by atoms with Gasteiger partial charge >= 0.3 is 0 Å². The highest BCUT2D eigenvalue weighted by atomic mass is 35.5. The van der Waals surface area contributed by atoms with Crippen LogP contribution in [-0.2, 0) is 11.2 Å². The number of Topliss-reactive ketones (excluding diaryl/α,β-unsaturated/α-hetero) is 1. The predicted octanol–water partition coefficient (Wildman–Crippen LogP) is 4.88. The van der Waals surface area contributed by atoms with Crippen LogP contribution in [0.5, 0.6) is 0 Å². The van der Waals surface area contributed by atoms with Gasteiger partial charge in [-0.2, -0.15) is 0 Å². The second-order valence-corrected chi connectivity index (χ2v) is 6.95. The van der Waals surface area contributed by atoms with E-state index >= 15 is 0 Å². The molecule has 0 fully saturated rings. The first-order valence-corrected chi connectivity index (χ1v) is 8.45. The number of allylic oxidation sites excluding steroid dienone is 2.